The van der Waals surface area contributed by atoms with Crippen molar-refractivity contribution in [3.63, 3.8) is 0 Å². The summed E-state index contributed by atoms with van der Waals surface area (Å²) in [6, 6.07) is 21.1. The maximum atomic E-state index is 13.5. The lowest BCUT2D eigenvalue weighted by atomic mass is 9.43. The number of amides is 1. The average molecular weight is 459 g/mol. The van der Waals surface area contributed by atoms with E-state index < -0.39 is 5.41 Å². The molecule has 2 aromatic carbocycles. The Morgan fingerprint density at radius 2 is 1.44 bits per heavy atom. The number of rotatable bonds is 5. The highest BCUT2D eigenvalue weighted by Gasteiger charge is 2.61. The minimum atomic E-state index is -0.411. The fourth-order valence-electron chi connectivity index (χ4n) is 7.86. The van der Waals surface area contributed by atoms with Gasteiger partial charge < -0.3 is 14.5 Å². The van der Waals surface area contributed by atoms with E-state index >= 15 is 0 Å². The number of anilines is 1. The molecule has 2 aromatic rings. The fraction of sp³-hybridized carbons (Fsp3) is 0.517. The van der Waals surface area contributed by atoms with Gasteiger partial charge in [-0.15, -0.1) is 0 Å². The van der Waals surface area contributed by atoms with Gasteiger partial charge in [0.25, 0.3) is 5.91 Å². The first kappa shape index (κ1) is 21.7. The average Bonchev–Trinajstić information content (AvgIpc) is 2.87. The van der Waals surface area contributed by atoms with Gasteiger partial charge in [0.15, 0.2) is 6.61 Å². The summed E-state index contributed by atoms with van der Waals surface area (Å²) in [7, 11) is 0. The van der Waals surface area contributed by atoms with E-state index in [1.54, 1.807) is 0 Å². The van der Waals surface area contributed by atoms with Crippen molar-refractivity contribution in [1.82, 2.24) is 4.90 Å². The van der Waals surface area contributed by atoms with Crippen LogP contribution in [0.5, 0.6) is 0 Å². The molecule has 7 rings (SSSR count). The van der Waals surface area contributed by atoms with Crippen LogP contribution in [-0.2, 0) is 19.7 Å². The van der Waals surface area contributed by atoms with Crippen LogP contribution in [0.3, 0.4) is 0 Å². The van der Waals surface area contributed by atoms with E-state index in [4.69, 9.17) is 4.74 Å². The standard InChI is InChI=1S/C29H34N2O3/c32-26(31-13-11-30(12-14-31)25-9-5-2-6-10-25)20-34-27(33)29-18-22-15-23(19-29)17-28(16-22,21-29)24-7-3-1-4-8-24/h1-10,22-23H,11-21H2. The molecule has 4 saturated carbocycles. The molecule has 1 amide bonds. The molecule has 5 fully saturated rings. The maximum Gasteiger partial charge on any atom is 0.312 e. The quantitative estimate of drug-likeness (QED) is 0.623. The number of para-hydroxylation sites is 1. The summed E-state index contributed by atoms with van der Waals surface area (Å²) in [5.41, 5.74) is 2.26. The predicted octanol–water partition coefficient (Wildman–Crippen LogP) is 4.42. The summed E-state index contributed by atoms with van der Waals surface area (Å²) < 4.78 is 5.79. The van der Waals surface area contributed by atoms with Gasteiger partial charge in [-0.2, -0.15) is 0 Å². The summed E-state index contributed by atoms with van der Waals surface area (Å²) in [4.78, 5) is 30.5. The molecule has 0 N–H and O–H groups in total. The van der Waals surface area contributed by atoms with E-state index in [1.807, 2.05) is 23.1 Å². The highest BCUT2D eigenvalue weighted by Crippen LogP contribution is 2.66. The molecule has 4 aliphatic carbocycles. The van der Waals surface area contributed by atoms with Crippen molar-refractivity contribution in [3.8, 4) is 0 Å². The van der Waals surface area contributed by atoms with Crippen LogP contribution >= 0.6 is 0 Å². The summed E-state index contributed by atoms with van der Waals surface area (Å²) in [5.74, 6) is 0.994. The lowest BCUT2D eigenvalue weighted by Gasteiger charge is -2.61. The Morgan fingerprint density at radius 1 is 0.824 bits per heavy atom. The fourth-order valence-corrected chi connectivity index (χ4v) is 7.86. The van der Waals surface area contributed by atoms with E-state index in [-0.39, 0.29) is 23.9 Å². The molecule has 178 valence electrons. The van der Waals surface area contributed by atoms with Crippen LogP contribution in [-0.4, -0.2) is 49.6 Å². The van der Waals surface area contributed by atoms with Crippen molar-refractivity contribution in [2.75, 3.05) is 37.7 Å². The molecule has 0 radical (unpaired) electrons. The Bertz CT molecular complexity index is 1030. The second kappa shape index (κ2) is 8.44. The normalized spacial score (nSPS) is 32.0. The first-order valence-corrected chi connectivity index (χ1v) is 12.9. The van der Waals surface area contributed by atoms with Crippen molar-refractivity contribution in [2.45, 2.75) is 43.9 Å². The van der Waals surface area contributed by atoms with Crippen LogP contribution < -0.4 is 4.90 Å². The van der Waals surface area contributed by atoms with Crippen LogP contribution in [0.4, 0.5) is 5.69 Å². The third-order valence-electron chi connectivity index (χ3n) is 8.96. The van der Waals surface area contributed by atoms with E-state index in [0.717, 1.165) is 32.4 Å². The highest BCUT2D eigenvalue weighted by atomic mass is 16.5. The number of carbonyl (C=O) groups excluding carboxylic acids is 2. The molecule has 1 saturated heterocycles. The van der Waals surface area contributed by atoms with Crippen LogP contribution in [0.2, 0.25) is 0 Å². The van der Waals surface area contributed by atoms with Crippen LogP contribution in [0.25, 0.3) is 0 Å². The van der Waals surface area contributed by atoms with Gasteiger partial charge in [-0.3, -0.25) is 9.59 Å². The third kappa shape index (κ3) is 3.79. The molecule has 1 heterocycles. The number of piperazine rings is 1. The highest BCUT2D eigenvalue weighted by molar-refractivity contribution is 5.83. The number of benzene rings is 2. The van der Waals surface area contributed by atoms with Crippen molar-refractivity contribution in [3.05, 3.63) is 66.2 Å². The lowest BCUT2D eigenvalue weighted by Crippen LogP contribution is -2.57. The molecular weight excluding hydrogens is 424 g/mol. The maximum absolute atomic E-state index is 13.5. The van der Waals surface area contributed by atoms with Gasteiger partial charge in [0.05, 0.1) is 5.41 Å². The smallest absolute Gasteiger partial charge is 0.312 e. The van der Waals surface area contributed by atoms with Gasteiger partial charge in [-0.05, 0) is 73.5 Å². The Balaban J connectivity index is 1.08. The topological polar surface area (TPSA) is 49.9 Å². The van der Waals surface area contributed by atoms with Gasteiger partial charge in [0.1, 0.15) is 0 Å². The second-order valence-corrected chi connectivity index (χ2v) is 11.2. The molecule has 0 spiro atoms. The third-order valence-corrected chi connectivity index (χ3v) is 8.96. The zero-order valence-electron chi connectivity index (χ0n) is 19.8. The van der Waals surface area contributed by atoms with Crippen LogP contribution in [0.15, 0.2) is 60.7 Å². The molecule has 1 aliphatic heterocycles. The van der Waals surface area contributed by atoms with E-state index in [1.165, 1.54) is 30.5 Å². The van der Waals surface area contributed by atoms with Crippen LogP contribution in [0.1, 0.15) is 44.1 Å². The lowest BCUT2D eigenvalue weighted by molar-refractivity contribution is -0.176. The number of nitrogens with zero attached hydrogens (tertiary/aromatic N) is 2. The predicted molar refractivity (Wildman–Crippen MR) is 131 cm³/mol. The zero-order chi connectivity index (χ0) is 23.2. The number of hydrogen-bond acceptors (Lipinski definition) is 4. The number of esters is 1. The van der Waals surface area contributed by atoms with E-state index in [0.29, 0.717) is 24.9 Å². The number of ether oxygens (including phenoxy) is 1. The summed E-state index contributed by atoms with van der Waals surface area (Å²) >= 11 is 0. The van der Waals surface area contributed by atoms with Gasteiger partial charge in [-0.25, -0.2) is 0 Å². The second-order valence-electron chi connectivity index (χ2n) is 11.2. The molecule has 5 nitrogen and oxygen atoms in total. The van der Waals surface area contributed by atoms with E-state index in [2.05, 4.69) is 47.4 Å². The van der Waals surface area contributed by atoms with Crippen molar-refractivity contribution in [1.29, 1.82) is 0 Å². The molecule has 5 aliphatic rings. The summed E-state index contributed by atoms with van der Waals surface area (Å²) in [5, 5.41) is 0. The van der Waals surface area contributed by atoms with Crippen molar-refractivity contribution in [2.24, 2.45) is 17.3 Å². The van der Waals surface area contributed by atoms with Gasteiger partial charge in [0, 0.05) is 31.9 Å². The van der Waals surface area contributed by atoms with Gasteiger partial charge >= 0.3 is 5.97 Å². The molecule has 5 heteroatoms. The monoisotopic (exact) mass is 458 g/mol. The Hall–Kier alpha value is -2.82. The molecule has 34 heavy (non-hydrogen) atoms. The first-order chi connectivity index (χ1) is 16.6. The Kier molecular flexibility index (Phi) is 5.39. The minimum Gasteiger partial charge on any atom is -0.455 e. The summed E-state index contributed by atoms with van der Waals surface area (Å²) in [6.45, 7) is 2.81. The Morgan fingerprint density at radius 3 is 2.09 bits per heavy atom. The van der Waals surface area contributed by atoms with E-state index in [9.17, 15) is 9.59 Å². The molecule has 0 aromatic heterocycles. The molecular formula is C29H34N2O3. The molecule has 2 unspecified atom stereocenters. The summed E-state index contributed by atoms with van der Waals surface area (Å²) in [6.07, 6.45) is 6.36. The molecule has 2 atom stereocenters. The number of hydrogen-bond donors (Lipinski definition) is 0. The van der Waals surface area contributed by atoms with Gasteiger partial charge in [-0.1, -0.05) is 48.5 Å². The van der Waals surface area contributed by atoms with Crippen molar-refractivity contribution < 1.29 is 14.3 Å². The Labute approximate surface area is 202 Å². The first-order valence-electron chi connectivity index (χ1n) is 12.9. The minimum absolute atomic E-state index is 0.0661. The van der Waals surface area contributed by atoms with Crippen LogP contribution in [0, 0.1) is 17.3 Å². The van der Waals surface area contributed by atoms with Crippen molar-refractivity contribution >= 4 is 17.6 Å². The SMILES string of the molecule is O=C(COC(=O)C12CC3CC(C1)CC(c1ccccc1)(C3)C2)N1CCN(c2ccccc2)CC1. The molecule has 4 bridgehead atoms. The van der Waals surface area contributed by atoms with Gasteiger partial charge in [0.2, 0.25) is 0 Å². The number of carbonyl (C=O) groups is 2. The largest absolute Gasteiger partial charge is 0.455 e. The zero-order valence-corrected chi connectivity index (χ0v) is 19.8.